The molecule has 3 unspecified atom stereocenters. The van der Waals surface area contributed by atoms with Gasteiger partial charge in [0.15, 0.2) is 0 Å². The number of fused-ring (bicyclic) bond motifs is 1. The molecule has 1 heterocycles. The van der Waals surface area contributed by atoms with Crippen molar-refractivity contribution in [2.45, 2.75) is 57.9 Å². The van der Waals surface area contributed by atoms with E-state index in [4.69, 9.17) is 0 Å². The number of nitrogens with zero attached hydrogens (tertiary/aromatic N) is 1. The third-order valence-electron chi connectivity index (χ3n) is 4.52. The quantitative estimate of drug-likeness (QED) is 0.689. The van der Waals surface area contributed by atoms with Crippen LogP contribution in [-0.2, 0) is 0 Å². The van der Waals surface area contributed by atoms with Gasteiger partial charge in [-0.25, -0.2) is 0 Å². The van der Waals surface area contributed by atoms with Crippen LogP contribution in [0, 0.1) is 11.8 Å². The fraction of sp³-hybridized carbons (Fsp3) is 1.00. The lowest BCUT2D eigenvalue weighted by molar-refractivity contribution is 0.0967. The first-order valence-corrected chi connectivity index (χ1v) is 8.27. The van der Waals surface area contributed by atoms with Crippen LogP contribution in [0.5, 0.6) is 0 Å². The van der Waals surface area contributed by atoms with Gasteiger partial charge in [-0.3, -0.25) is 4.90 Å². The minimum atomic E-state index is 0.879. The van der Waals surface area contributed by atoms with Crippen LogP contribution >= 0.6 is 15.9 Å². The number of piperidine rings is 1. The average Bonchev–Trinajstić information content (AvgIpc) is 2.77. The molecule has 1 aliphatic heterocycles. The lowest BCUT2D eigenvalue weighted by Gasteiger charge is -2.39. The zero-order valence-corrected chi connectivity index (χ0v) is 12.2. The van der Waals surface area contributed by atoms with Gasteiger partial charge in [-0.2, -0.15) is 0 Å². The molecule has 2 fully saturated rings. The summed E-state index contributed by atoms with van der Waals surface area (Å²) >= 11 is 3.69. The molecule has 0 aromatic rings. The van der Waals surface area contributed by atoms with Crippen LogP contribution in [-0.4, -0.2) is 29.4 Å². The minimum absolute atomic E-state index is 0.879. The van der Waals surface area contributed by atoms with E-state index in [1.807, 2.05) is 0 Å². The van der Waals surface area contributed by atoms with Crippen molar-refractivity contribution in [1.82, 2.24) is 4.90 Å². The maximum Gasteiger partial charge on any atom is 0.0124 e. The molecule has 0 aromatic heterocycles. The molecule has 16 heavy (non-hydrogen) atoms. The van der Waals surface area contributed by atoms with E-state index in [0.717, 1.165) is 17.9 Å². The summed E-state index contributed by atoms with van der Waals surface area (Å²) in [5, 5.41) is 1.19. The fourth-order valence-electron chi connectivity index (χ4n) is 3.74. The summed E-state index contributed by atoms with van der Waals surface area (Å²) in [6.07, 6.45) is 10.1. The molecule has 0 radical (unpaired) electrons. The summed E-state index contributed by atoms with van der Waals surface area (Å²) in [7, 11) is 0. The van der Waals surface area contributed by atoms with E-state index in [9.17, 15) is 0 Å². The van der Waals surface area contributed by atoms with Gasteiger partial charge >= 0.3 is 0 Å². The SMILES string of the molecule is CCCC(CBr)CN1CCCC2CCCC21. The Morgan fingerprint density at radius 3 is 2.81 bits per heavy atom. The molecule has 94 valence electrons. The van der Waals surface area contributed by atoms with E-state index >= 15 is 0 Å². The summed E-state index contributed by atoms with van der Waals surface area (Å²) in [6, 6.07) is 0.951. The third-order valence-corrected chi connectivity index (χ3v) is 5.43. The number of alkyl halides is 1. The Hall–Kier alpha value is 0.440. The molecule has 1 aliphatic carbocycles. The highest BCUT2D eigenvalue weighted by Gasteiger charge is 2.35. The minimum Gasteiger partial charge on any atom is -0.300 e. The van der Waals surface area contributed by atoms with E-state index < -0.39 is 0 Å². The highest BCUT2D eigenvalue weighted by atomic mass is 79.9. The lowest BCUT2D eigenvalue weighted by atomic mass is 9.91. The molecule has 1 nitrogen and oxygen atoms in total. The van der Waals surface area contributed by atoms with Crippen molar-refractivity contribution in [2.75, 3.05) is 18.4 Å². The predicted molar refractivity (Wildman–Crippen MR) is 74.1 cm³/mol. The molecule has 1 saturated heterocycles. The maximum absolute atomic E-state index is 3.69. The predicted octanol–water partition coefficient (Wildman–Crippen LogP) is 4.06. The zero-order chi connectivity index (χ0) is 11.4. The fourth-order valence-corrected chi connectivity index (χ4v) is 4.27. The van der Waals surface area contributed by atoms with Crippen molar-refractivity contribution in [2.24, 2.45) is 11.8 Å². The Labute approximate surface area is 109 Å². The van der Waals surface area contributed by atoms with Gasteiger partial charge in [-0.05, 0) is 50.5 Å². The Kier molecular flexibility index (Phi) is 5.15. The van der Waals surface area contributed by atoms with Crippen LogP contribution in [0.3, 0.4) is 0 Å². The van der Waals surface area contributed by atoms with Crippen molar-refractivity contribution >= 4 is 15.9 Å². The summed E-state index contributed by atoms with van der Waals surface area (Å²) in [4.78, 5) is 2.82. The van der Waals surface area contributed by atoms with Crippen molar-refractivity contribution in [1.29, 1.82) is 0 Å². The van der Waals surface area contributed by atoms with Gasteiger partial charge in [-0.15, -0.1) is 0 Å². The zero-order valence-electron chi connectivity index (χ0n) is 10.6. The first kappa shape index (κ1) is 12.9. The van der Waals surface area contributed by atoms with Crippen LogP contribution in [0.1, 0.15) is 51.9 Å². The van der Waals surface area contributed by atoms with E-state index in [0.29, 0.717) is 0 Å². The second kappa shape index (κ2) is 6.39. The van der Waals surface area contributed by atoms with Gasteiger partial charge in [0.25, 0.3) is 0 Å². The largest absolute Gasteiger partial charge is 0.300 e. The van der Waals surface area contributed by atoms with Gasteiger partial charge in [-0.1, -0.05) is 35.7 Å². The first-order chi connectivity index (χ1) is 7.85. The number of halogens is 1. The van der Waals surface area contributed by atoms with Crippen molar-refractivity contribution in [3.8, 4) is 0 Å². The smallest absolute Gasteiger partial charge is 0.0124 e. The van der Waals surface area contributed by atoms with E-state index in [2.05, 4.69) is 27.8 Å². The highest BCUT2D eigenvalue weighted by molar-refractivity contribution is 9.09. The molecule has 2 heteroatoms. The van der Waals surface area contributed by atoms with Gasteiger partial charge in [0.1, 0.15) is 0 Å². The lowest BCUT2D eigenvalue weighted by Crippen LogP contribution is -2.45. The monoisotopic (exact) mass is 287 g/mol. The van der Waals surface area contributed by atoms with Crippen molar-refractivity contribution in [3.05, 3.63) is 0 Å². The number of hydrogen-bond acceptors (Lipinski definition) is 1. The Morgan fingerprint density at radius 2 is 2.06 bits per heavy atom. The van der Waals surface area contributed by atoms with Gasteiger partial charge in [0, 0.05) is 17.9 Å². The molecule has 3 atom stereocenters. The Balaban J connectivity index is 1.87. The Morgan fingerprint density at radius 1 is 1.25 bits per heavy atom. The van der Waals surface area contributed by atoms with Gasteiger partial charge in [0.2, 0.25) is 0 Å². The molecular weight excluding hydrogens is 262 g/mol. The summed E-state index contributed by atoms with van der Waals surface area (Å²) < 4.78 is 0. The average molecular weight is 288 g/mol. The first-order valence-electron chi connectivity index (χ1n) is 7.15. The Bertz CT molecular complexity index is 207. The highest BCUT2D eigenvalue weighted by Crippen LogP contribution is 2.37. The molecule has 0 aromatic carbocycles. The molecule has 0 bridgehead atoms. The summed E-state index contributed by atoms with van der Waals surface area (Å²) in [5.74, 6) is 1.93. The van der Waals surface area contributed by atoms with E-state index in [-0.39, 0.29) is 0 Å². The van der Waals surface area contributed by atoms with Gasteiger partial charge < -0.3 is 0 Å². The van der Waals surface area contributed by atoms with Gasteiger partial charge in [0.05, 0.1) is 0 Å². The number of likely N-dealkylation sites (tertiary alicyclic amines) is 1. The molecule has 0 N–H and O–H groups in total. The van der Waals surface area contributed by atoms with Crippen LogP contribution in [0.4, 0.5) is 0 Å². The second-order valence-electron chi connectivity index (χ2n) is 5.70. The standard InChI is InChI=1S/C14H26BrN/c1-2-5-12(10-15)11-16-9-4-7-13-6-3-8-14(13)16/h12-14H,2-11H2,1H3. The molecular formula is C14H26BrN. The van der Waals surface area contributed by atoms with Crippen LogP contribution in [0.2, 0.25) is 0 Å². The molecule has 2 rings (SSSR count). The molecule has 1 saturated carbocycles. The maximum atomic E-state index is 3.69. The summed E-state index contributed by atoms with van der Waals surface area (Å²) in [5.41, 5.74) is 0. The molecule has 0 amide bonds. The second-order valence-corrected chi connectivity index (χ2v) is 6.35. The number of rotatable bonds is 5. The molecule has 0 spiro atoms. The third kappa shape index (κ3) is 3.01. The number of hydrogen-bond donors (Lipinski definition) is 0. The normalized spacial score (nSPS) is 32.6. The topological polar surface area (TPSA) is 3.24 Å². The summed E-state index contributed by atoms with van der Waals surface area (Å²) in [6.45, 7) is 5.03. The molecule has 2 aliphatic rings. The van der Waals surface area contributed by atoms with E-state index in [1.54, 1.807) is 0 Å². The van der Waals surface area contributed by atoms with Crippen LogP contribution < -0.4 is 0 Å². The van der Waals surface area contributed by atoms with Crippen molar-refractivity contribution in [3.63, 3.8) is 0 Å². The van der Waals surface area contributed by atoms with Crippen molar-refractivity contribution < 1.29 is 0 Å². The van der Waals surface area contributed by atoms with Crippen LogP contribution in [0.25, 0.3) is 0 Å². The van der Waals surface area contributed by atoms with E-state index in [1.165, 1.54) is 63.4 Å². The van der Waals surface area contributed by atoms with Crippen LogP contribution in [0.15, 0.2) is 0 Å².